The van der Waals surface area contributed by atoms with Gasteiger partial charge >= 0.3 is 0 Å². The van der Waals surface area contributed by atoms with Crippen LogP contribution in [-0.4, -0.2) is 23.1 Å². The Bertz CT molecular complexity index is 892. The van der Waals surface area contributed by atoms with Gasteiger partial charge in [-0.05, 0) is 49.3 Å². The van der Waals surface area contributed by atoms with Crippen LogP contribution in [0.4, 0.5) is 5.69 Å². The number of nitrogens with one attached hydrogen (secondary N) is 1. The molecule has 1 saturated carbocycles. The summed E-state index contributed by atoms with van der Waals surface area (Å²) in [5.41, 5.74) is 3.15. The molecule has 2 aliphatic rings. The molecule has 2 aromatic rings. The summed E-state index contributed by atoms with van der Waals surface area (Å²) >= 11 is 0. The number of hydrogen-bond donors (Lipinski definition) is 1. The summed E-state index contributed by atoms with van der Waals surface area (Å²) in [4.78, 5) is 21.8. The van der Waals surface area contributed by atoms with E-state index in [0.717, 1.165) is 31.6 Å². The summed E-state index contributed by atoms with van der Waals surface area (Å²) in [6.45, 7) is 5.52. The first kappa shape index (κ1) is 14.0. The first-order chi connectivity index (χ1) is 11.2. The van der Waals surface area contributed by atoms with Crippen LogP contribution in [0.2, 0.25) is 0 Å². The molecule has 1 N–H and O–H groups in total. The quantitative estimate of drug-likeness (QED) is 0.926. The molecule has 1 aliphatic carbocycles. The largest absolute Gasteiger partial charge is 0.368 e. The van der Waals surface area contributed by atoms with Gasteiger partial charge in [-0.3, -0.25) is 4.79 Å². The van der Waals surface area contributed by atoms with Gasteiger partial charge in [0.05, 0.1) is 16.9 Å². The fourth-order valence-electron chi connectivity index (χ4n) is 3.57. The number of nitrogens with zero attached hydrogens (tertiary/aromatic N) is 3. The number of rotatable bonds is 2. The van der Waals surface area contributed by atoms with Crippen molar-refractivity contribution in [3.05, 3.63) is 40.3 Å². The van der Waals surface area contributed by atoms with Crippen LogP contribution in [0.3, 0.4) is 0 Å². The lowest BCUT2D eigenvalue weighted by Gasteiger charge is -2.34. The third-order valence-corrected chi connectivity index (χ3v) is 5.27. The van der Waals surface area contributed by atoms with Crippen molar-refractivity contribution in [3.63, 3.8) is 0 Å². The SMILES string of the molecule is C=Cc1ccc2[nH]c(=O)c(C#N)c(N3CCC4(CC3)CC4)c2n1. The minimum Gasteiger partial charge on any atom is -0.368 e. The molecule has 5 nitrogen and oxygen atoms in total. The standard InChI is InChI=1S/C18H18N4O/c1-2-12-3-4-14-15(20-12)16(13(11-19)17(23)21-14)22-9-7-18(5-6-18)8-10-22/h2-4H,1,5-10H2,(H,21,23). The van der Waals surface area contributed by atoms with Gasteiger partial charge in [-0.25, -0.2) is 4.98 Å². The van der Waals surface area contributed by atoms with Crippen molar-refractivity contribution < 1.29 is 0 Å². The second kappa shape index (κ2) is 4.95. The van der Waals surface area contributed by atoms with Crippen LogP contribution in [0.5, 0.6) is 0 Å². The van der Waals surface area contributed by atoms with E-state index in [1.807, 2.05) is 12.1 Å². The van der Waals surface area contributed by atoms with Crippen molar-refractivity contribution in [2.45, 2.75) is 25.7 Å². The van der Waals surface area contributed by atoms with Crippen LogP contribution < -0.4 is 10.5 Å². The van der Waals surface area contributed by atoms with Gasteiger partial charge < -0.3 is 9.88 Å². The predicted molar refractivity (Wildman–Crippen MR) is 90.3 cm³/mol. The molecule has 1 spiro atoms. The lowest BCUT2D eigenvalue weighted by Crippen LogP contribution is -2.36. The van der Waals surface area contributed by atoms with E-state index in [-0.39, 0.29) is 11.1 Å². The van der Waals surface area contributed by atoms with E-state index in [4.69, 9.17) is 0 Å². The molecule has 5 heteroatoms. The van der Waals surface area contributed by atoms with Crippen LogP contribution >= 0.6 is 0 Å². The van der Waals surface area contributed by atoms with Crippen LogP contribution in [0.15, 0.2) is 23.5 Å². The third-order valence-electron chi connectivity index (χ3n) is 5.27. The molecule has 0 unspecified atom stereocenters. The Morgan fingerprint density at radius 3 is 2.65 bits per heavy atom. The highest BCUT2D eigenvalue weighted by molar-refractivity contribution is 5.91. The zero-order valence-corrected chi connectivity index (χ0v) is 12.9. The Kier molecular flexibility index (Phi) is 3.02. The smallest absolute Gasteiger partial charge is 0.268 e. The van der Waals surface area contributed by atoms with E-state index in [2.05, 4.69) is 27.5 Å². The third kappa shape index (κ3) is 2.22. The molecule has 0 bridgehead atoms. The highest BCUT2D eigenvalue weighted by atomic mass is 16.1. The first-order valence-corrected chi connectivity index (χ1v) is 8.00. The summed E-state index contributed by atoms with van der Waals surface area (Å²) in [7, 11) is 0. The second-order valence-corrected chi connectivity index (χ2v) is 6.61. The maximum Gasteiger partial charge on any atom is 0.268 e. The van der Waals surface area contributed by atoms with Gasteiger partial charge in [0.25, 0.3) is 5.56 Å². The zero-order chi connectivity index (χ0) is 16.0. The van der Waals surface area contributed by atoms with E-state index < -0.39 is 0 Å². The van der Waals surface area contributed by atoms with Crippen LogP contribution in [0.25, 0.3) is 17.1 Å². The summed E-state index contributed by atoms with van der Waals surface area (Å²) in [6, 6.07) is 5.72. The van der Waals surface area contributed by atoms with Gasteiger partial charge in [-0.1, -0.05) is 6.58 Å². The Morgan fingerprint density at radius 1 is 1.30 bits per heavy atom. The Hall–Kier alpha value is -2.61. The summed E-state index contributed by atoms with van der Waals surface area (Å²) in [5.74, 6) is 0. The molecule has 2 fully saturated rings. The van der Waals surface area contributed by atoms with Crippen molar-refractivity contribution in [3.8, 4) is 6.07 Å². The average molecular weight is 306 g/mol. The molecule has 1 aliphatic heterocycles. The fraction of sp³-hybridized carbons (Fsp3) is 0.389. The summed E-state index contributed by atoms with van der Waals surface area (Å²) < 4.78 is 0. The van der Waals surface area contributed by atoms with Crippen molar-refractivity contribution in [2.24, 2.45) is 5.41 Å². The monoisotopic (exact) mass is 306 g/mol. The van der Waals surface area contributed by atoms with E-state index in [0.29, 0.717) is 22.1 Å². The summed E-state index contributed by atoms with van der Waals surface area (Å²) in [5, 5.41) is 9.49. The number of anilines is 1. The average Bonchev–Trinajstić information content (AvgIpc) is 3.33. The lowest BCUT2D eigenvalue weighted by atomic mass is 9.93. The van der Waals surface area contributed by atoms with Crippen molar-refractivity contribution in [1.82, 2.24) is 9.97 Å². The highest BCUT2D eigenvalue weighted by Crippen LogP contribution is 2.54. The maximum absolute atomic E-state index is 12.3. The molecule has 0 amide bonds. The summed E-state index contributed by atoms with van der Waals surface area (Å²) in [6.07, 6.45) is 6.58. The molecule has 116 valence electrons. The van der Waals surface area contributed by atoms with E-state index in [1.54, 1.807) is 6.08 Å². The molecule has 3 heterocycles. The van der Waals surface area contributed by atoms with Crippen LogP contribution in [-0.2, 0) is 0 Å². The van der Waals surface area contributed by atoms with Gasteiger partial charge in [0.2, 0.25) is 0 Å². The molecular weight excluding hydrogens is 288 g/mol. The zero-order valence-electron chi connectivity index (χ0n) is 12.9. The van der Waals surface area contributed by atoms with Crippen LogP contribution in [0, 0.1) is 16.7 Å². The van der Waals surface area contributed by atoms with Crippen molar-refractivity contribution in [2.75, 3.05) is 18.0 Å². The topological polar surface area (TPSA) is 72.8 Å². The number of aromatic amines is 1. The van der Waals surface area contributed by atoms with Gasteiger partial charge in [0.1, 0.15) is 17.1 Å². The van der Waals surface area contributed by atoms with Gasteiger partial charge in [-0.15, -0.1) is 0 Å². The molecule has 23 heavy (non-hydrogen) atoms. The first-order valence-electron chi connectivity index (χ1n) is 8.00. The van der Waals surface area contributed by atoms with Gasteiger partial charge in [0, 0.05) is 13.1 Å². The van der Waals surface area contributed by atoms with Gasteiger partial charge in [0.15, 0.2) is 0 Å². The molecular formula is C18H18N4O. The number of hydrogen-bond acceptors (Lipinski definition) is 4. The number of pyridine rings is 2. The number of aromatic nitrogens is 2. The van der Waals surface area contributed by atoms with E-state index in [1.165, 1.54) is 12.8 Å². The lowest BCUT2D eigenvalue weighted by molar-refractivity contribution is 0.384. The maximum atomic E-state index is 12.3. The van der Waals surface area contributed by atoms with Crippen molar-refractivity contribution in [1.29, 1.82) is 5.26 Å². The second-order valence-electron chi connectivity index (χ2n) is 6.61. The van der Waals surface area contributed by atoms with Crippen molar-refractivity contribution >= 4 is 22.8 Å². The fourth-order valence-corrected chi connectivity index (χ4v) is 3.57. The number of fused-ring (bicyclic) bond motifs is 1. The molecule has 1 saturated heterocycles. The van der Waals surface area contributed by atoms with E-state index in [9.17, 15) is 10.1 Å². The normalized spacial score (nSPS) is 18.8. The van der Waals surface area contributed by atoms with Gasteiger partial charge in [-0.2, -0.15) is 5.26 Å². The minimum absolute atomic E-state index is 0.165. The number of nitriles is 1. The van der Waals surface area contributed by atoms with Crippen LogP contribution in [0.1, 0.15) is 36.9 Å². The predicted octanol–water partition coefficient (Wildman–Crippen LogP) is 2.82. The molecule has 0 atom stereocenters. The van der Waals surface area contributed by atoms with E-state index >= 15 is 0 Å². The Balaban J connectivity index is 1.89. The molecule has 0 aromatic carbocycles. The number of piperidine rings is 1. The molecule has 0 radical (unpaired) electrons. The molecule has 2 aromatic heterocycles. The molecule has 4 rings (SSSR count). The Morgan fingerprint density at radius 2 is 2.04 bits per heavy atom. The highest BCUT2D eigenvalue weighted by Gasteiger charge is 2.44. The minimum atomic E-state index is -0.338. The number of H-pyrrole nitrogens is 1. The Labute approximate surface area is 134 Å².